The van der Waals surface area contributed by atoms with Crippen LogP contribution in [0.1, 0.15) is 15.9 Å². The minimum absolute atomic E-state index is 0.0936. The van der Waals surface area contributed by atoms with E-state index >= 15 is 0 Å². The molecule has 0 fully saturated rings. The highest BCUT2D eigenvalue weighted by Crippen LogP contribution is 2.30. The Morgan fingerprint density at radius 2 is 1.81 bits per heavy atom. The monoisotopic (exact) mass is 432 g/mol. The standard InChI is InChI=1S/C22H16N4O4S/c1-13-16(21-23-18-6-2-3-8-19(18)30-21)5-4-7-17(13)24-22(31)25-20(27)14-9-11-15(12-10-14)26(28)29/h2-12H,1H3,(H2,24,25,27,31). The Morgan fingerprint density at radius 3 is 2.52 bits per heavy atom. The molecule has 0 bridgehead atoms. The number of anilines is 1. The summed E-state index contributed by atoms with van der Waals surface area (Å²) in [6.45, 7) is 1.90. The molecule has 0 atom stereocenters. The van der Waals surface area contributed by atoms with E-state index in [0.717, 1.165) is 16.6 Å². The molecule has 4 rings (SSSR count). The van der Waals surface area contributed by atoms with E-state index in [1.807, 2.05) is 49.4 Å². The van der Waals surface area contributed by atoms with Crippen molar-refractivity contribution in [3.8, 4) is 11.5 Å². The molecule has 0 radical (unpaired) electrons. The second-order valence-electron chi connectivity index (χ2n) is 6.68. The van der Waals surface area contributed by atoms with Crippen LogP contribution in [0.2, 0.25) is 0 Å². The maximum atomic E-state index is 12.4. The lowest BCUT2D eigenvalue weighted by Crippen LogP contribution is -2.34. The average molecular weight is 432 g/mol. The third-order valence-electron chi connectivity index (χ3n) is 4.67. The molecule has 0 spiro atoms. The van der Waals surface area contributed by atoms with Gasteiger partial charge in [-0.25, -0.2) is 4.98 Å². The van der Waals surface area contributed by atoms with Gasteiger partial charge in [0.05, 0.1) is 4.92 Å². The van der Waals surface area contributed by atoms with Crippen molar-refractivity contribution in [1.82, 2.24) is 10.3 Å². The van der Waals surface area contributed by atoms with Crippen molar-refractivity contribution in [1.29, 1.82) is 0 Å². The molecule has 0 unspecified atom stereocenters. The van der Waals surface area contributed by atoms with E-state index in [1.165, 1.54) is 24.3 Å². The molecule has 3 aromatic carbocycles. The van der Waals surface area contributed by atoms with Gasteiger partial charge in [0.1, 0.15) is 5.52 Å². The highest BCUT2D eigenvalue weighted by atomic mass is 32.1. The van der Waals surface area contributed by atoms with Crippen LogP contribution in [0.5, 0.6) is 0 Å². The first-order valence-electron chi connectivity index (χ1n) is 9.25. The number of oxazole rings is 1. The number of benzene rings is 3. The predicted octanol–water partition coefficient (Wildman–Crippen LogP) is 4.84. The first kappa shape index (κ1) is 20.2. The summed E-state index contributed by atoms with van der Waals surface area (Å²) in [5, 5.41) is 16.4. The summed E-state index contributed by atoms with van der Waals surface area (Å²) in [5.41, 5.74) is 3.96. The zero-order valence-electron chi connectivity index (χ0n) is 16.3. The smallest absolute Gasteiger partial charge is 0.269 e. The van der Waals surface area contributed by atoms with Crippen LogP contribution in [-0.4, -0.2) is 20.9 Å². The number of nitro groups is 1. The topological polar surface area (TPSA) is 110 Å². The molecule has 9 heteroatoms. The molecule has 4 aromatic rings. The Kier molecular flexibility index (Phi) is 5.42. The number of rotatable bonds is 4. The van der Waals surface area contributed by atoms with Gasteiger partial charge >= 0.3 is 0 Å². The average Bonchev–Trinajstić information content (AvgIpc) is 3.19. The number of thiocarbonyl (C=S) groups is 1. The van der Waals surface area contributed by atoms with Crippen LogP contribution >= 0.6 is 12.2 Å². The van der Waals surface area contributed by atoms with Crippen LogP contribution in [0.25, 0.3) is 22.6 Å². The second-order valence-corrected chi connectivity index (χ2v) is 7.09. The normalized spacial score (nSPS) is 10.6. The molecule has 1 aromatic heterocycles. The van der Waals surface area contributed by atoms with Crippen LogP contribution in [0, 0.1) is 17.0 Å². The van der Waals surface area contributed by atoms with Gasteiger partial charge in [0, 0.05) is 28.9 Å². The number of fused-ring (bicyclic) bond motifs is 1. The van der Waals surface area contributed by atoms with E-state index in [9.17, 15) is 14.9 Å². The molecule has 154 valence electrons. The molecule has 1 amide bonds. The molecular weight excluding hydrogens is 416 g/mol. The van der Waals surface area contributed by atoms with Gasteiger partial charge in [0.2, 0.25) is 5.89 Å². The fourth-order valence-electron chi connectivity index (χ4n) is 3.05. The maximum Gasteiger partial charge on any atom is 0.269 e. The Bertz CT molecular complexity index is 1280. The van der Waals surface area contributed by atoms with Crippen molar-refractivity contribution in [2.24, 2.45) is 0 Å². The van der Waals surface area contributed by atoms with Crippen LogP contribution in [-0.2, 0) is 0 Å². The number of nitrogens with one attached hydrogen (secondary N) is 2. The number of nitrogens with zero attached hydrogens (tertiary/aromatic N) is 2. The van der Waals surface area contributed by atoms with E-state index in [-0.39, 0.29) is 16.4 Å². The molecule has 2 N–H and O–H groups in total. The number of carbonyl (C=O) groups is 1. The van der Waals surface area contributed by atoms with E-state index in [1.54, 1.807) is 0 Å². The van der Waals surface area contributed by atoms with E-state index in [0.29, 0.717) is 17.2 Å². The van der Waals surface area contributed by atoms with Gasteiger partial charge in [-0.1, -0.05) is 18.2 Å². The Morgan fingerprint density at radius 1 is 1.06 bits per heavy atom. The first-order chi connectivity index (χ1) is 14.9. The summed E-state index contributed by atoms with van der Waals surface area (Å²) in [6, 6.07) is 18.3. The number of para-hydroxylation sites is 2. The Labute approximate surface area is 182 Å². The van der Waals surface area contributed by atoms with Crippen molar-refractivity contribution in [2.75, 3.05) is 5.32 Å². The molecule has 0 aliphatic heterocycles. The van der Waals surface area contributed by atoms with Crippen LogP contribution in [0.4, 0.5) is 11.4 Å². The zero-order valence-corrected chi connectivity index (χ0v) is 17.1. The fourth-order valence-corrected chi connectivity index (χ4v) is 3.26. The Hall–Kier alpha value is -4.11. The van der Waals surface area contributed by atoms with Gasteiger partial charge in [0.25, 0.3) is 11.6 Å². The third kappa shape index (κ3) is 4.26. The summed E-state index contributed by atoms with van der Waals surface area (Å²) < 4.78 is 5.85. The molecule has 31 heavy (non-hydrogen) atoms. The van der Waals surface area contributed by atoms with Crippen molar-refractivity contribution < 1.29 is 14.1 Å². The number of nitro benzene ring substituents is 1. The number of non-ortho nitro benzene ring substituents is 1. The minimum atomic E-state index is -0.527. The molecule has 0 saturated heterocycles. The largest absolute Gasteiger partial charge is 0.436 e. The predicted molar refractivity (Wildman–Crippen MR) is 121 cm³/mol. The highest BCUT2D eigenvalue weighted by molar-refractivity contribution is 7.80. The fraction of sp³-hybridized carbons (Fsp3) is 0.0455. The molecule has 8 nitrogen and oxygen atoms in total. The number of aromatic nitrogens is 1. The molecule has 1 heterocycles. The second kappa shape index (κ2) is 8.33. The highest BCUT2D eigenvalue weighted by Gasteiger charge is 2.15. The molecular formula is C22H16N4O4S. The van der Waals surface area contributed by atoms with Crippen molar-refractivity contribution in [2.45, 2.75) is 6.92 Å². The van der Waals surface area contributed by atoms with Crippen LogP contribution in [0.3, 0.4) is 0 Å². The lowest BCUT2D eigenvalue weighted by Gasteiger charge is -2.13. The summed E-state index contributed by atoms with van der Waals surface area (Å²) in [4.78, 5) is 27.1. The summed E-state index contributed by atoms with van der Waals surface area (Å²) in [6.07, 6.45) is 0. The van der Waals surface area contributed by atoms with Crippen molar-refractivity contribution in [3.05, 3.63) is 88.0 Å². The number of amides is 1. The number of carbonyl (C=O) groups excluding carboxylic acids is 1. The Balaban J connectivity index is 1.50. The first-order valence-corrected chi connectivity index (χ1v) is 9.65. The van der Waals surface area contributed by atoms with E-state index in [4.69, 9.17) is 16.6 Å². The molecule has 0 aliphatic carbocycles. The summed E-state index contributed by atoms with van der Waals surface area (Å²) >= 11 is 5.26. The third-order valence-corrected chi connectivity index (χ3v) is 4.88. The van der Waals surface area contributed by atoms with Crippen LogP contribution in [0.15, 0.2) is 71.1 Å². The van der Waals surface area contributed by atoms with Crippen molar-refractivity contribution in [3.63, 3.8) is 0 Å². The molecule has 0 saturated carbocycles. The van der Waals surface area contributed by atoms with E-state index < -0.39 is 10.8 Å². The maximum absolute atomic E-state index is 12.4. The molecule has 0 aliphatic rings. The van der Waals surface area contributed by atoms with Gasteiger partial charge in [-0.2, -0.15) is 0 Å². The zero-order chi connectivity index (χ0) is 22.0. The SMILES string of the molecule is Cc1c(NC(=S)NC(=O)c2ccc([N+](=O)[O-])cc2)cccc1-c1nc2ccccc2o1. The lowest BCUT2D eigenvalue weighted by molar-refractivity contribution is -0.384. The number of hydrogen-bond acceptors (Lipinski definition) is 6. The van der Waals surface area contributed by atoms with Gasteiger partial charge < -0.3 is 9.73 Å². The van der Waals surface area contributed by atoms with E-state index in [2.05, 4.69) is 15.6 Å². The van der Waals surface area contributed by atoms with Gasteiger partial charge in [-0.15, -0.1) is 0 Å². The lowest BCUT2D eigenvalue weighted by atomic mass is 10.1. The van der Waals surface area contributed by atoms with Crippen molar-refractivity contribution >= 4 is 45.7 Å². The quantitative estimate of drug-likeness (QED) is 0.270. The summed E-state index contributed by atoms with van der Waals surface area (Å²) in [5.74, 6) is 0.0170. The van der Waals surface area contributed by atoms with Gasteiger partial charge in [-0.3, -0.25) is 20.2 Å². The number of hydrogen-bond donors (Lipinski definition) is 2. The summed E-state index contributed by atoms with van der Waals surface area (Å²) in [7, 11) is 0. The van der Waals surface area contributed by atoms with Gasteiger partial charge in [0.15, 0.2) is 10.7 Å². The van der Waals surface area contributed by atoms with Gasteiger partial charge in [-0.05, 0) is 61.1 Å². The van der Waals surface area contributed by atoms with Crippen LogP contribution < -0.4 is 10.6 Å². The minimum Gasteiger partial charge on any atom is -0.436 e.